The number of ketones is 1. The molecule has 8 nitrogen and oxygen atoms in total. The Labute approximate surface area is 222 Å². The maximum atomic E-state index is 14.4. The van der Waals surface area contributed by atoms with Crippen molar-refractivity contribution in [1.29, 1.82) is 0 Å². The van der Waals surface area contributed by atoms with E-state index in [2.05, 4.69) is 19.2 Å². The summed E-state index contributed by atoms with van der Waals surface area (Å²) >= 11 is 0. The van der Waals surface area contributed by atoms with Gasteiger partial charge in [-0.1, -0.05) is 45.1 Å². The number of rotatable bonds is 4. The van der Waals surface area contributed by atoms with Crippen LogP contribution in [0.2, 0.25) is 0 Å². The largest absolute Gasteiger partial charge is 0.451 e. The molecule has 4 N–H and O–H groups in total. The molecule has 0 saturated heterocycles. The predicted octanol–water partition coefficient (Wildman–Crippen LogP) is 2.95. The topological polar surface area (TPSA) is 133 Å². The van der Waals surface area contributed by atoms with Crippen molar-refractivity contribution in [2.24, 2.45) is 34.5 Å². The van der Waals surface area contributed by atoms with Crippen LogP contribution in [0.25, 0.3) is 0 Å². The first-order chi connectivity index (χ1) is 17.7. The van der Waals surface area contributed by atoms with Crippen molar-refractivity contribution in [3.05, 3.63) is 52.6 Å². The number of amides is 1. The number of allylic oxidation sites excluding steroid dienone is 1. The number of hydrogen-bond acceptors (Lipinski definition) is 7. The summed E-state index contributed by atoms with van der Waals surface area (Å²) in [6.07, 6.45) is 1.03. The molecule has 4 aliphatic rings. The highest BCUT2D eigenvalue weighted by atomic mass is 16.6. The van der Waals surface area contributed by atoms with E-state index in [1.807, 2.05) is 6.92 Å². The number of hydrogen-bond donors (Lipinski definition) is 4. The summed E-state index contributed by atoms with van der Waals surface area (Å²) in [6, 6.07) is 4.99. The van der Waals surface area contributed by atoms with Crippen molar-refractivity contribution in [3.8, 4) is 0 Å². The van der Waals surface area contributed by atoms with Crippen molar-refractivity contribution in [3.63, 3.8) is 0 Å². The molecule has 0 unspecified atom stereocenters. The number of Topliss-reactive ketones (excluding diaryl/α,β-unsaturated/α-hetero) is 1. The minimum Gasteiger partial charge on any atom is -0.451 e. The van der Waals surface area contributed by atoms with Gasteiger partial charge in [0.1, 0.15) is 6.10 Å². The molecule has 4 aliphatic carbocycles. The Hall–Kier alpha value is -2.81. The standard InChI is InChI=1S/C30H37NO7/c1-14-8-7-9-21(31-17(4)33)22(14)27(36)38-26-15(2)12-29-16(3)10-20-23(28(20,5)6)19(25(29)35)11-18(13-32)24(34)30(26,29)37/h7-9,11-12,16,19-20,23-24,26,32,34,37H,10,13H2,1-6H3,(H,31,33)/t16-,19+,20-,23-,24-,26+,29+,30+/m1/s1. The van der Waals surface area contributed by atoms with E-state index in [0.29, 0.717) is 17.6 Å². The summed E-state index contributed by atoms with van der Waals surface area (Å²) in [6.45, 7) is 10.4. The van der Waals surface area contributed by atoms with Gasteiger partial charge in [-0.25, -0.2) is 4.79 Å². The average Bonchev–Trinajstić information content (AvgIpc) is 3.32. The molecule has 204 valence electrons. The molecule has 0 aliphatic heterocycles. The van der Waals surface area contributed by atoms with Crippen molar-refractivity contribution in [2.75, 3.05) is 11.9 Å². The monoisotopic (exact) mass is 523 g/mol. The van der Waals surface area contributed by atoms with Crippen molar-refractivity contribution in [1.82, 2.24) is 0 Å². The van der Waals surface area contributed by atoms with Crippen molar-refractivity contribution in [2.45, 2.75) is 65.8 Å². The summed E-state index contributed by atoms with van der Waals surface area (Å²) in [5.41, 5.74) is -2.23. The van der Waals surface area contributed by atoms with Gasteiger partial charge in [0.25, 0.3) is 0 Å². The van der Waals surface area contributed by atoms with Gasteiger partial charge in [0.2, 0.25) is 5.91 Å². The second-order valence-corrected chi connectivity index (χ2v) is 12.3. The molecule has 5 rings (SSSR count). The molecule has 0 heterocycles. The fraction of sp³-hybridized carbons (Fsp3) is 0.567. The number of aliphatic hydroxyl groups is 3. The van der Waals surface area contributed by atoms with Gasteiger partial charge >= 0.3 is 5.97 Å². The quantitative estimate of drug-likeness (QED) is 0.352. The molecular formula is C30H37NO7. The smallest absolute Gasteiger partial charge is 0.341 e. The lowest BCUT2D eigenvalue weighted by Crippen LogP contribution is -2.65. The van der Waals surface area contributed by atoms with Crippen molar-refractivity contribution >= 4 is 23.3 Å². The van der Waals surface area contributed by atoms with E-state index >= 15 is 0 Å². The van der Waals surface area contributed by atoms with Gasteiger partial charge in [-0.3, -0.25) is 9.59 Å². The van der Waals surface area contributed by atoms with Gasteiger partial charge in [0, 0.05) is 12.8 Å². The SMILES string of the molecule is CC(=O)Nc1cccc(C)c1C(=O)O[C@H]1C(C)=C[C@]23C(=O)[C@@H](C=C(CO)[C@@H](O)[C@]12O)[C@@H]1[C@@H](C[C@H]3C)C1(C)C. The van der Waals surface area contributed by atoms with Gasteiger partial charge in [-0.15, -0.1) is 0 Å². The van der Waals surface area contributed by atoms with Crippen LogP contribution in [0.1, 0.15) is 57.0 Å². The molecule has 2 bridgehead atoms. The van der Waals surface area contributed by atoms with Crippen LogP contribution in [0.3, 0.4) is 0 Å². The average molecular weight is 524 g/mol. The number of benzene rings is 1. The number of carbonyl (C=O) groups is 3. The number of esters is 1. The fourth-order valence-electron chi connectivity index (χ4n) is 7.99. The first-order valence-corrected chi connectivity index (χ1v) is 13.3. The highest BCUT2D eigenvalue weighted by Crippen LogP contribution is 2.71. The number of aryl methyl sites for hydroxylation is 1. The lowest BCUT2D eigenvalue weighted by Gasteiger charge is -2.48. The third kappa shape index (κ3) is 3.36. The lowest BCUT2D eigenvalue weighted by atomic mass is 9.59. The van der Waals surface area contributed by atoms with E-state index < -0.39 is 41.7 Å². The van der Waals surface area contributed by atoms with E-state index in [1.54, 1.807) is 44.2 Å². The van der Waals surface area contributed by atoms with Crippen LogP contribution in [0.5, 0.6) is 0 Å². The van der Waals surface area contributed by atoms with E-state index in [1.165, 1.54) is 6.92 Å². The Bertz CT molecular complexity index is 1300. The van der Waals surface area contributed by atoms with Crippen LogP contribution in [-0.4, -0.2) is 57.4 Å². The van der Waals surface area contributed by atoms with Gasteiger partial charge < -0.3 is 25.4 Å². The van der Waals surface area contributed by atoms with Gasteiger partial charge in [0.05, 0.1) is 23.3 Å². The van der Waals surface area contributed by atoms with Gasteiger partial charge in [-0.05, 0) is 66.2 Å². The van der Waals surface area contributed by atoms with E-state index in [4.69, 9.17) is 4.74 Å². The first-order valence-electron chi connectivity index (χ1n) is 13.3. The number of anilines is 1. The van der Waals surface area contributed by atoms with Gasteiger partial charge in [-0.2, -0.15) is 0 Å². The first kappa shape index (κ1) is 26.8. The summed E-state index contributed by atoms with van der Waals surface area (Å²) in [4.78, 5) is 39.8. The molecule has 0 aromatic heterocycles. The summed E-state index contributed by atoms with van der Waals surface area (Å²) in [5, 5.41) is 37.1. The third-order valence-corrected chi connectivity index (χ3v) is 9.91. The van der Waals surface area contributed by atoms with Gasteiger partial charge in [0.15, 0.2) is 17.5 Å². The molecule has 1 spiro atoms. The van der Waals surface area contributed by atoms with Crippen LogP contribution >= 0.6 is 0 Å². The fourth-order valence-corrected chi connectivity index (χ4v) is 7.99. The minimum atomic E-state index is -2.22. The van der Waals surface area contributed by atoms with Crippen LogP contribution < -0.4 is 5.32 Å². The molecular weight excluding hydrogens is 486 g/mol. The molecule has 0 radical (unpaired) electrons. The summed E-state index contributed by atoms with van der Waals surface area (Å²) < 4.78 is 5.98. The van der Waals surface area contributed by atoms with Crippen LogP contribution in [0.15, 0.2) is 41.5 Å². The zero-order valence-electron chi connectivity index (χ0n) is 22.7. The van der Waals surface area contributed by atoms with E-state index in [9.17, 15) is 29.7 Å². The Balaban J connectivity index is 1.62. The Kier molecular flexibility index (Phi) is 6.06. The maximum absolute atomic E-state index is 14.4. The number of aliphatic hydroxyl groups excluding tert-OH is 2. The van der Waals surface area contributed by atoms with Crippen LogP contribution in [0.4, 0.5) is 5.69 Å². The second-order valence-electron chi connectivity index (χ2n) is 12.3. The summed E-state index contributed by atoms with van der Waals surface area (Å²) in [7, 11) is 0. The Morgan fingerprint density at radius 3 is 2.53 bits per heavy atom. The number of fused-ring (bicyclic) bond motifs is 3. The Morgan fingerprint density at radius 1 is 1.21 bits per heavy atom. The molecule has 2 fully saturated rings. The van der Waals surface area contributed by atoms with E-state index in [0.717, 1.165) is 0 Å². The number of ether oxygens (including phenoxy) is 1. The molecule has 2 saturated carbocycles. The number of nitrogens with one attached hydrogen (secondary N) is 1. The molecule has 38 heavy (non-hydrogen) atoms. The minimum absolute atomic E-state index is 0.0374. The molecule has 8 heteroatoms. The molecule has 1 aromatic rings. The normalized spacial score (nSPS) is 38.6. The zero-order valence-corrected chi connectivity index (χ0v) is 22.7. The summed E-state index contributed by atoms with van der Waals surface area (Å²) in [5.74, 6) is -2.00. The Morgan fingerprint density at radius 2 is 1.89 bits per heavy atom. The molecule has 1 aromatic carbocycles. The predicted molar refractivity (Wildman–Crippen MR) is 140 cm³/mol. The van der Waals surface area contributed by atoms with Crippen LogP contribution in [0, 0.1) is 41.4 Å². The molecule has 1 amide bonds. The second kappa shape index (κ2) is 8.60. The highest BCUT2D eigenvalue weighted by Gasteiger charge is 2.76. The molecule has 8 atom stereocenters. The third-order valence-electron chi connectivity index (χ3n) is 9.91. The van der Waals surface area contributed by atoms with Crippen LogP contribution in [-0.2, 0) is 14.3 Å². The zero-order chi connectivity index (χ0) is 27.9. The number of carbonyl (C=O) groups excluding carboxylic acids is 3. The van der Waals surface area contributed by atoms with Crippen molar-refractivity contribution < 1.29 is 34.4 Å². The maximum Gasteiger partial charge on any atom is 0.341 e. The van der Waals surface area contributed by atoms with E-state index in [-0.39, 0.29) is 51.7 Å². The highest BCUT2D eigenvalue weighted by molar-refractivity contribution is 6.02. The lowest BCUT2D eigenvalue weighted by molar-refractivity contribution is -0.190.